The smallest absolute Gasteiger partial charge is 0.332 e. The van der Waals surface area contributed by atoms with E-state index < -0.39 is 5.97 Å². The summed E-state index contributed by atoms with van der Waals surface area (Å²) in [6, 6.07) is 0. The summed E-state index contributed by atoms with van der Waals surface area (Å²) in [5, 5.41) is 8.47. The first-order valence-electron chi connectivity index (χ1n) is 3.76. The van der Waals surface area contributed by atoms with Crippen LogP contribution in [0.1, 0.15) is 12.8 Å². The molecule has 0 aromatic carbocycles. The van der Waals surface area contributed by atoms with Gasteiger partial charge in [0.2, 0.25) is 11.8 Å². The quantitative estimate of drug-likeness (QED) is 0.484. The van der Waals surface area contributed by atoms with Crippen molar-refractivity contribution in [2.75, 3.05) is 6.54 Å². The fourth-order valence-electron chi connectivity index (χ4n) is 1.06. The number of carboxylic acids is 1. The molecule has 0 aromatic heterocycles. The lowest BCUT2D eigenvalue weighted by Crippen LogP contribution is -2.32. The van der Waals surface area contributed by atoms with E-state index in [1.807, 2.05) is 0 Å². The molecule has 2 amide bonds. The van der Waals surface area contributed by atoms with Crippen molar-refractivity contribution in [1.29, 1.82) is 0 Å². The Labute approximate surface area is 74.6 Å². The van der Waals surface area contributed by atoms with E-state index in [2.05, 4.69) is 6.58 Å². The second-order valence-corrected chi connectivity index (χ2v) is 2.78. The van der Waals surface area contributed by atoms with Crippen molar-refractivity contribution in [3.8, 4) is 0 Å². The summed E-state index contributed by atoms with van der Waals surface area (Å²) < 4.78 is 0. The van der Waals surface area contributed by atoms with Gasteiger partial charge in [0.15, 0.2) is 0 Å². The summed E-state index contributed by atoms with van der Waals surface area (Å²) in [4.78, 5) is 33.3. The van der Waals surface area contributed by atoms with Gasteiger partial charge in [-0.2, -0.15) is 0 Å². The zero-order chi connectivity index (χ0) is 10.0. The molecule has 5 heteroatoms. The predicted molar refractivity (Wildman–Crippen MR) is 42.7 cm³/mol. The molecule has 1 aliphatic rings. The molecule has 0 unspecified atom stereocenters. The molecule has 1 aliphatic heterocycles. The molecule has 1 saturated heterocycles. The van der Waals surface area contributed by atoms with Crippen molar-refractivity contribution in [3.05, 3.63) is 12.2 Å². The molecule has 1 heterocycles. The maximum atomic E-state index is 11.0. The van der Waals surface area contributed by atoms with Crippen LogP contribution in [-0.4, -0.2) is 34.3 Å². The van der Waals surface area contributed by atoms with Gasteiger partial charge < -0.3 is 5.11 Å². The molecule has 0 radical (unpaired) electrons. The molecule has 0 atom stereocenters. The molecular formula is C8H9NO4. The summed E-state index contributed by atoms with van der Waals surface area (Å²) in [7, 11) is 0. The number of rotatable bonds is 3. The molecular weight excluding hydrogens is 174 g/mol. The van der Waals surface area contributed by atoms with Gasteiger partial charge in [-0.3, -0.25) is 14.5 Å². The lowest BCUT2D eigenvalue weighted by molar-refractivity contribution is -0.138. The van der Waals surface area contributed by atoms with E-state index in [9.17, 15) is 14.4 Å². The molecule has 1 fully saturated rings. The Bertz CT molecular complexity index is 279. The number of hydrogen-bond donors (Lipinski definition) is 1. The predicted octanol–water partition coefficient (Wildman–Crippen LogP) is -0.224. The topological polar surface area (TPSA) is 74.7 Å². The molecule has 0 bridgehead atoms. The van der Waals surface area contributed by atoms with Gasteiger partial charge in [-0.15, -0.1) is 0 Å². The van der Waals surface area contributed by atoms with Crippen LogP contribution < -0.4 is 0 Å². The van der Waals surface area contributed by atoms with Crippen LogP contribution in [0.15, 0.2) is 12.2 Å². The van der Waals surface area contributed by atoms with Gasteiger partial charge >= 0.3 is 5.97 Å². The van der Waals surface area contributed by atoms with Crippen LogP contribution in [0, 0.1) is 0 Å². The fourth-order valence-corrected chi connectivity index (χ4v) is 1.06. The highest BCUT2D eigenvalue weighted by Gasteiger charge is 2.29. The van der Waals surface area contributed by atoms with Crippen LogP contribution in [0.4, 0.5) is 0 Å². The zero-order valence-electron chi connectivity index (χ0n) is 6.95. The molecule has 13 heavy (non-hydrogen) atoms. The number of likely N-dealkylation sites (tertiary alicyclic amines) is 1. The number of hydrogen-bond acceptors (Lipinski definition) is 3. The van der Waals surface area contributed by atoms with Crippen molar-refractivity contribution in [2.45, 2.75) is 12.8 Å². The van der Waals surface area contributed by atoms with Crippen molar-refractivity contribution < 1.29 is 19.5 Å². The minimum Gasteiger partial charge on any atom is -0.478 e. The van der Waals surface area contributed by atoms with E-state index in [1.165, 1.54) is 0 Å². The summed E-state index contributed by atoms with van der Waals surface area (Å²) >= 11 is 0. The van der Waals surface area contributed by atoms with Gasteiger partial charge in [-0.25, -0.2) is 4.79 Å². The Morgan fingerprint density at radius 3 is 2.23 bits per heavy atom. The number of aliphatic carboxylic acids is 1. The van der Waals surface area contributed by atoms with Gasteiger partial charge in [0, 0.05) is 18.4 Å². The van der Waals surface area contributed by atoms with E-state index in [0.29, 0.717) is 0 Å². The maximum Gasteiger partial charge on any atom is 0.332 e. The summed E-state index contributed by atoms with van der Waals surface area (Å²) in [5.41, 5.74) is -0.149. The third-order valence-corrected chi connectivity index (χ3v) is 1.81. The third-order valence-electron chi connectivity index (χ3n) is 1.81. The van der Waals surface area contributed by atoms with E-state index in [1.54, 1.807) is 0 Å². The lowest BCUT2D eigenvalue weighted by atomic mass is 10.3. The van der Waals surface area contributed by atoms with E-state index in [0.717, 1.165) is 4.90 Å². The van der Waals surface area contributed by atoms with Gasteiger partial charge in [0.25, 0.3) is 0 Å². The second-order valence-electron chi connectivity index (χ2n) is 2.78. The molecule has 1 rings (SSSR count). The van der Waals surface area contributed by atoms with Gasteiger partial charge in [-0.05, 0) is 0 Å². The Morgan fingerprint density at radius 1 is 1.38 bits per heavy atom. The minimum absolute atomic E-state index is 0.149. The average molecular weight is 183 g/mol. The molecule has 1 N–H and O–H groups in total. The highest BCUT2D eigenvalue weighted by Crippen LogP contribution is 2.12. The van der Waals surface area contributed by atoms with Gasteiger partial charge in [0.05, 0.1) is 6.54 Å². The summed E-state index contributed by atoms with van der Waals surface area (Å²) in [6.45, 7) is 3.04. The lowest BCUT2D eigenvalue weighted by Gasteiger charge is -2.12. The molecule has 70 valence electrons. The average Bonchev–Trinajstić information content (AvgIpc) is 2.35. The van der Waals surface area contributed by atoms with Gasteiger partial charge in [0.1, 0.15) is 0 Å². The molecule has 0 saturated carbocycles. The van der Waals surface area contributed by atoms with E-state index in [4.69, 9.17) is 5.11 Å². The highest BCUT2D eigenvalue weighted by atomic mass is 16.4. The molecule has 5 nitrogen and oxygen atoms in total. The van der Waals surface area contributed by atoms with E-state index >= 15 is 0 Å². The van der Waals surface area contributed by atoms with Crippen molar-refractivity contribution in [2.24, 2.45) is 0 Å². The second kappa shape index (κ2) is 3.38. The van der Waals surface area contributed by atoms with Crippen molar-refractivity contribution >= 4 is 17.8 Å². The SMILES string of the molecule is C=C(CN1C(=O)CCC1=O)C(=O)O. The third kappa shape index (κ3) is 1.93. The number of imide groups is 1. The van der Waals surface area contributed by atoms with Crippen LogP contribution in [-0.2, 0) is 14.4 Å². The first-order chi connectivity index (χ1) is 6.02. The molecule has 0 aromatic rings. The first kappa shape index (κ1) is 9.44. The Kier molecular flexibility index (Phi) is 2.46. The van der Waals surface area contributed by atoms with Crippen LogP contribution in [0.5, 0.6) is 0 Å². The van der Waals surface area contributed by atoms with Crippen LogP contribution in [0.25, 0.3) is 0 Å². The Balaban J connectivity index is 2.63. The number of amides is 2. The van der Waals surface area contributed by atoms with E-state index in [-0.39, 0.29) is 36.8 Å². The Hall–Kier alpha value is -1.65. The molecule has 0 spiro atoms. The standard InChI is InChI=1S/C8H9NO4/c1-5(8(12)13)4-9-6(10)2-3-7(9)11/h1-4H2,(H,12,13). The Morgan fingerprint density at radius 2 is 1.85 bits per heavy atom. The summed E-state index contributed by atoms with van der Waals surface area (Å²) in [5.74, 6) is -1.84. The molecule has 0 aliphatic carbocycles. The van der Waals surface area contributed by atoms with Gasteiger partial charge in [-0.1, -0.05) is 6.58 Å². The number of nitrogens with zero attached hydrogens (tertiary/aromatic N) is 1. The van der Waals surface area contributed by atoms with Crippen molar-refractivity contribution in [3.63, 3.8) is 0 Å². The zero-order valence-corrected chi connectivity index (χ0v) is 6.95. The largest absolute Gasteiger partial charge is 0.478 e. The fraction of sp³-hybridized carbons (Fsp3) is 0.375. The highest BCUT2D eigenvalue weighted by molar-refractivity contribution is 6.03. The maximum absolute atomic E-state index is 11.0. The monoisotopic (exact) mass is 183 g/mol. The normalized spacial score (nSPS) is 16.5. The van der Waals surface area contributed by atoms with Crippen molar-refractivity contribution in [1.82, 2.24) is 4.90 Å². The minimum atomic E-state index is -1.19. The van der Waals surface area contributed by atoms with Crippen LogP contribution in [0.3, 0.4) is 0 Å². The number of carboxylic acid groups (broad SMARTS) is 1. The van der Waals surface area contributed by atoms with Crippen LogP contribution >= 0.6 is 0 Å². The number of carbonyl (C=O) groups excluding carboxylic acids is 2. The van der Waals surface area contributed by atoms with Crippen LogP contribution in [0.2, 0.25) is 0 Å². The number of carbonyl (C=O) groups is 3. The summed E-state index contributed by atoms with van der Waals surface area (Å²) in [6.07, 6.45) is 0.345. The first-order valence-corrected chi connectivity index (χ1v) is 3.76.